The van der Waals surface area contributed by atoms with Crippen molar-refractivity contribution in [2.45, 2.75) is 43.9 Å². The van der Waals surface area contributed by atoms with Crippen LogP contribution in [0.2, 0.25) is 0 Å². The van der Waals surface area contributed by atoms with Crippen LogP contribution in [-0.4, -0.2) is 25.3 Å². The smallest absolute Gasteiger partial charge is 0.150 e. The van der Waals surface area contributed by atoms with Crippen LogP contribution in [0.25, 0.3) is 0 Å². The normalized spacial score (nSPS) is 41.3. The van der Waals surface area contributed by atoms with Gasteiger partial charge in [-0.1, -0.05) is 19.3 Å². The molecule has 2 aliphatic rings. The minimum Gasteiger partial charge on any atom is -0.229 e. The average Bonchev–Trinajstić information content (AvgIpc) is 2.39. The van der Waals surface area contributed by atoms with Gasteiger partial charge in [0, 0.05) is 5.38 Å². The molecule has 1 saturated heterocycles. The van der Waals surface area contributed by atoms with E-state index >= 15 is 0 Å². The third-order valence-electron chi connectivity index (χ3n) is 3.86. The fraction of sp³-hybridized carbons (Fsp3) is 1.00. The van der Waals surface area contributed by atoms with Gasteiger partial charge in [0.1, 0.15) is 0 Å². The van der Waals surface area contributed by atoms with E-state index in [0.717, 1.165) is 19.3 Å². The molecule has 0 amide bonds. The molecule has 3 atom stereocenters. The molecule has 1 aliphatic heterocycles. The lowest BCUT2D eigenvalue weighted by molar-refractivity contribution is 0.331. The number of alkyl halides is 1. The van der Waals surface area contributed by atoms with Crippen molar-refractivity contribution in [3.05, 3.63) is 0 Å². The van der Waals surface area contributed by atoms with Crippen LogP contribution in [0.4, 0.5) is 0 Å². The summed E-state index contributed by atoms with van der Waals surface area (Å²) in [5, 5.41) is 0.214. The van der Waals surface area contributed by atoms with Gasteiger partial charge in [-0.15, -0.1) is 11.6 Å². The fourth-order valence-corrected chi connectivity index (χ4v) is 5.36. The van der Waals surface area contributed by atoms with Crippen molar-refractivity contribution >= 4 is 21.4 Å². The van der Waals surface area contributed by atoms with Gasteiger partial charge in [-0.25, -0.2) is 8.42 Å². The van der Waals surface area contributed by atoms with Crippen molar-refractivity contribution in [3.8, 4) is 0 Å². The molecule has 3 unspecified atom stereocenters. The van der Waals surface area contributed by atoms with Crippen molar-refractivity contribution in [2.24, 2.45) is 11.8 Å². The van der Waals surface area contributed by atoms with Crippen LogP contribution in [-0.2, 0) is 9.84 Å². The molecule has 88 valence electrons. The lowest BCUT2D eigenvalue weighted by atomic mass is 9.85. The molecule has 0 aromatic heterocycles. The van der Waals surface area contributed by atoms with Gasteiger partial charge in [0.05, 0.1) is 11.5 Å². The largest absolute Gasteiger partial charge is 0.229 e. The highest BCUT2D eigenvalue weighted by Crippen LogP contribution is 2.37. The molecular formula is C11H19ClO2S. The number of hydrogen-bond donors (Lipinski definition) is 0. The first-order valence-electron chi connectivity index (χ1n) is 5.93. The second kappa shape index (κ2) is 4.62. The van der Waals surface area contributed by atoms with Gasteiger partial charge in [0.2, 0.25) is 0 Å². The zero-order chi connectivity index (χ0) is 10.9. The highest BCUT2D eigenvalue weighted by molar-refractivity contribution is 7.91. The van der Waals surface area contributed by atoms with Crippen LogP contribution in [0.3, 0.4) is 0 Å². The quantitative estimate of drug-likeness (QED) is 0.530. The molecule has 1 heterocycles. The second-order valence-corrected chi connectivity index (χ2v) is 7.77. The fourth-order valence-electron chi connectivity index (χ4n) is 2.98. The molecule has 0 aromatic rings. The molecule has 0 spiro atoms. The minimum atomic E-state index is -2.74. The van der Waals surface area contributed by atoms with Gasteiger partial charge in [-0.3, -0.25) is 0 Å². The van der Waals surface area contributed by atoms with Crippen LogP contribution in [0.5, 0.6) is 0 Å². The van der Waals surface area contributed by atoms with Crippen LogP contribution < -0.4 is 0 Å². The van der Waals surface area contributed by atoms with E-state index < -0.39 is 9.84 Å². The Kier molecular flexibility index (Phi) is 3.61. The van der Waals surface area contributed by atoms with E-state index in [4.69, 9.17) is 11.6 Å². The Morgan fingerprint density at radius 3 is 2.40 bits per heavy atom. The van der Waals surface area contributed by atoms with Crippen molar-refractivity contribution in [1.82, 2.24) is 0 Å². The first-order valence-corrected chi connectivity index (χ1v) is 8.19. The Morgan fingerprint density at radius 1 is 1.00 bits per heavy atom. The van der Waals surface area contributed by atoms with Gasteiger partial charge in [-0.05, 0) is 31.1 Å². The lowest BCUT2D eigenvalue weighted by Gasteiger charge is -2.24. The van der Waals surface area contributed by atoms with Gasteiger partial charge in [0.25, 0.3) is 0 Å². The third kappa shape index (κ3) is 2.88. The predicted molar refractivity (Wildman–Crippen MR) is 63.0 cm³/mol. The molecule has 1 saturated carbocycles. The van der Waals surface area contributed by atoms with E-state index in [2.05, 4.69) is 0 Å². The molecule has 4 heteroatoms. The second-order valence-electron chi connectivity index (χ2n) is 4.98. The SMILES string of the molecule is O=S1(=O)CCC(C2CCCCCC2Cl)C1. The zero-order valence-electron chi connectivity index (χ0n) is 8.99. The Morgan fingerprint density at radius 2 is 1.73 bits per heavy atom. The highest BCUT2D eigenvalue weighted by atomic mass is 35.5. The monoisotopic (exact) mass is 250 g/mol. The van der Waals surface area contributed by atoms with Crippen molar-refractivity contribution in [2.75, 3.05) is 11.5 Å². The van der Waals surface area contributed by atoms with Gasteiger partial charge in [0.15, 0.2) is 9.84 Å². The van der Waals surface area contributed by atoms with Crippen LogP contribution >= 0.6 is 11.6 Å². The van der Waals surface area contributed by atoms with E-state index in [9.17, 15) is 8.42 Å². The third-order valence-corrected chi connectivity index (χ3v) is 6.19. The van der Waals surface area contributed by atoms with Crippen molar-refractivity contribution < 1.29 is 8.42 Å². The lowest BCUT2D eigenvalue weighted by Crippen LogP contribution is -2.24. The molecule has 2 rings (SSSR count). The zero-order valence-corrected chi connectivity index (χ0v) is 10.6. The summed E-state index contributed by atoms with van der Waals surface area (Å²) < 4.78 is 22.9. The van der Waals surface area contributed by atoms with Gasteiger partial charge in [-0.2, -0.15) is 0 Å². The maximum absolute atomic E-state index is 11.4. The molecule has 0 bridgehead atoms. The van der Waals surface area contributed by atoms with E-state index in [-0.39, 0.29) is 5.38 Å². The van der Waals surface area contributed by atoms with Crippen LogP contribution in [0.1, 0.15) is 38.5 Å². The highest BCUT2D eigenvalue weighted by Gasteiger charge is 2.37. The number of hydrogen-bond acceptors (Lipinski definition) is 2. The molecule has 0 N–H and O–H groups in total. The topological polar surface area (TPSA) is 34.1 Å². The number of sulfone groups is 1. The molecular weight excluding hydrogens is 232 g/mol. The summed E-state index contributed by atoms with van der Waals surface area (Å²) in [4.78, 5) is 0. The summed E-state index contributed by atoms with van der Waals surface area (Å²) in [6.07, 6.45) is 6.75. The molecule has 0 radical (unpaired) electrons. The summed E-state index contributed by atoms with van der Waals surface area (Å²) in [5.41, 5.74) is 0. The molecule has 15 heavy (non-hydrogen) atoms. The molecule has 2 fully saturated rings. The minimum absolute atomic E-state index is 0.214. The maximum Gasteiger partial charge on any atom is 0.150 e. The Labute approximate surface area is 97.3 Å². The number of rotatable bonds is 1. The summed E-state index contributed by atoms with van der Waals surface area (Å²) in [7, 11) is -2.74. The predicted octanol–water partition coefficient (Wildman–Crippen LogP) is 2.61. The number of halogens is 1. The van der Waals surface area contributed by atoms with Crippen molar-refractivity contribution in [3.63, 3.8) is 0 Å². The summed E-state index contributed by atoms with van der Waals surface area (Å²) in [5.74, 6) is 1.57. The first-order chi connectivity index (χ1) is 7.08. The van der Waals surface area contributed by atoms with Gasteiger partial charge >= 0.3 is 0 Å². The summed E-state index contributed by atoms with van der Waals surface area (Å²) in [6, 6.07) is 0. The van der Waals surface area contributed by atoms with Crippen LogP contribution in [0.15, 0.2) is 0 Å². The Hall–Kier alpha value is 0.240. The summed E-state index contributed by atoms with van der Waals surface area (Å²) in [6.45, 7) is 0. The van der Waals surface area contributed by atoms with E-state index in [1.807, 2.05) is 0 Å². The summed E-state index contributed by atoms with van der Waals surface area (Å²) >= 11 is 6.37. The van der Waals surface area contributed by atoms with Gasteiger partial charge < -0.3 is 0 Å². The first kappa shape index (κ1) is 11.7. The maximum atomic E-state index is 11.4. The van der Waals surface area contributed by atoms with Crippen LogP contribution in [0, 0.1) is 11.8 Å². The average molecular weight is 251 g/mol. The molecule has 2 nitrogen and oxygen atoms in total. The standard InChI is InChI=1S/C11H19ClO2S/c12-11-5-3-1-2-4-10(11)9-6-7-15(13,14)8-9/h9-11H,1-8H2. The molecule has 1 aliphatic carbocycles. The van der Waals surface area contributed by atoms with E-state index in [0.29, 0.717) is 23.3 Å². The van der Waals surface area contributed by atoms with E-state index in [1.165, 1.54) is 19.3 Å². The Balaban J connectivity index is 2.03. The van der Waals surface area contributed by atoms with Crippen molar-refractivity contribution in [1.29, 1.82) is 0 Å². The van der Waals surface area contributed by atoms with E-state index in [1.54, 1.807) is 0 Å². The molecule has 0 aromatic carbocycles. The Bertz CT molecular complexity index is 313.